The normalized spacial score (nSPS) is 14.9. The number of fused-ring (bicyclic) bond motifs is 1. The minimum absolute atomic E-state index is 0.115. The number of amides is 2. The minimum Gasteiger partial charge on any atom is -0.482 e. The zero-order valence-corrected chi connectivity index (χ0v) is 14.7. The van der Waals surface area contributed by atoms with Crippen molar-refractivity contribution in [1.82, 2.24) is 5.32 Å². The Bertz CT molecular complexity index is 658. The van der Waals surface area contributed by atoms with Crippen LogP contribution in [0.5, 0.6) is 5.75 Å². The van der Waals surface area contributed by atoms with Crippen LogP contribution in [0.4, 0.5) is 5.69 Å². The van der Waals surface area contributed by atoms with E-state index in [0.29, 0.717) is 29.5 Å². The van der Waals surface area contributed by atoms with Crippen LogP contribution in [0.15, 0.2) is 18.2 Å². The van der Waals surface area contributed by atoms with Gasteiger partial charge >= 0.3 is 0 Å². The molecule has 0 fully saturated rings. The van der Waals surface area contributed by atoms with Crippen LogP contribution in [0.2, 0.25) is 0 Å². The first-order valence-corrected chi connectivity index (χ1v) is 8.25. The topological polar surface area (TPSA) is 75.7 Å². The van der Waals surface area contributed by atoms with Crippen LogP contribution in [0.1, 0.15) is 31.1 Å². The Kier molecular flexibility index (Phi) is 5.83. The summed E-state index contributed by atoms with van der Waals surface area (Å²) in [6, 6.07) is 4.77. The Balaban J connectivity index is 2.24. The van der Waals surface area contributed by atoms with Gasteiger partial charge in [0, 0.05) is 12.1 Å². The van der Waals surface area contributed by atoms with Crippen LogP contribution in [-0.2, 0) is 9.59 Å². The van der Waals surface area contributed by atoms with E-state index in [-0.39, 0.29) is 30.7 Å². The molecule has 1 aliphatic rings. The average Bonchev–Trinajstić information content (AvgIpc) is 2.54. The van der Waals surface area contributed by atoms with Gasteiger partial charge in [-0.2, -0.15) is 0 Å². The van der Waals surface area contributed by atoms with E-state index in [2.05, 4.69) is 5.32 Å². The van der Waals surface area contributed by atoms with Crippen molar-refractivity contribution < 1.29 is 19.1 Å². The fourth-order valence-electron chi connectivity index (χ4n) is 2.28. The van der Waals surface area contributed by atoms with Crippen LogP contribution >= 0.6 is 11.6 Å². The fraction of sp³-hybridized carbons (Fsp3) is 0.471. The van der Waals surface area contributed by atoms with Crippen molar-refractivity contribution in [2.75, 3.05) is 24.6 Å². The van der Waals surface area contributed by atoms with Gasteiger partial charge in [0.05, 0.1) is 11.1 Å². The zero-order valence-electron chi connectivity index (χ0n) is 14.0. The Morgan fingerprint density at radius 1 is 1.33 bits per heavy atom. The second kappa shape index (κ2) is 7.66. The first-order chi connectivity index (χ1) is 11.3. The SMILES string of the molecule is CC(C)CNC(=O)CN1C(=O)COc2ccc(C(=O)C(C)Cl)cc21. The van der Waals surface area contributed by atoms with E-state index in [1.807, 2.05) is 13.8 Å². The Hall–Kier alpha value is -2.08. The molecule has 1 atom stereocenters. The highest BCUT2D eigenvalue weighted by atomic mass is 35.5. The lowest BCUT2D eigenvalue weighted by Crippen LogP contribution is -2.45. The van der Waals surface area contributed by atoms with Crippen LogP contribution in [0.25, 0.3) is 0 Å². The molecule has 1 aliphatic heterocycles. The third kappa shape index (κ3) is 4.26. The Morgan fingerprint density at radius 3 is 2.67 bits per heavy atom. The molecule has 2 rings (SSSR count). The lowest BCUT2D eigenvalue weighted by atomic mass is 10.1. The van der Waals surface area contributed by atoms with Gasteiger partial charge in [0.1, 0.15) is 12.3 Å². The number of alkyl halides is 1. The van der Waals surface area contributed by atoms with Gasteiger partial charge in [-0.15, -0.1) is 11.6 Å². The summed E-state index contributed by atoms with van der Waals surface area (Å²) in [6.45, 7) is 5.84. The molecule has 24 heavy (non-hydrogen) atoms. The quantitative estimate of drug-likeness (QED) is 0.627. The predicted molar refractivity (Wildman–Crippen MR) is 91.8 cm³/mol. The molecule has 1 aromatic rings. The van der Waals surface area contributed by atoms with Gasteiger partial charge in [-0.25, -0.2) is 0 Å². The molecule has 130 valence electrons. The van der Waals surface area contributed by atoms with Gasteiger partial charge < -0.3 is 10.1 Å². The summed E-state index contributed by atoms with van der Waals surface area (Å²) >= 11 is 5.84. The number of carbonyl (C=O) groups excluding carboxylic acids is 3. The lowest BCUT2D eigenvalue weighted by Gasteiger charge is -2.29. The van der Waals surface area contributed by atoms with Crippen molar-refractivity contribution in [2.45, 2.75) is 26.1 Å². The number of halogens is 1. The molecule has 0 saturated heterocycles. The van der Waals surface area contributed by atoms with Crippen molar-refractivity contribution in [2.24, 2.45) is 5.92 Å². The first kappa shape index (κ1) is 18.3. The predicted octanol–water partition coefficient (Wildman–Crippen LogP) is 1.99. The molecule has 6 nitrogen and oxygen atoms in total. The number of rotatable bonds is 6. The van der Waals surface area contributed by atoms with Gasteiger partial charge in [-0.05, 0) is 31.0 Å². The number of hydrogen-bond donors (Lipinski definition) is 1. The molecule has 1 aromatic carbocycles. The number of anilines is 1. The van der Waals surface area contributed by atoms with E-state index in [1.54, 1.807) is 25.1 Å². The van der Waals surface area contributed by atoms with E-state index in [0.717, 1.165) is 0 Å². The highest BCUT2D eigenvalue weighted by molar-refractivity contribution is 6.33. The summed E-state index contributed by atoms with van der Waals surface area (Å²) in [7, 11) is 0. The van der Waals surface area contributed by atoms with Gasteiger partial charge in [-0.1, -0.05) is 13.8 Å². The molecule has 0 radical (unpaired) electrons. The standard InChI is InChI=1S/C17H21ClN2O4/c1-10(2)7-19-15(21)8-20-13-6-12(17(23)11(3)18)4-5-14(13)24-9-16(20)22/h4-6,10-11H,7-9H2,1-3H3,(H,19,21). The highest BCUT2D eigenvalue weighted by Gasteiger charge is 2.28. The summed E-state index contributed by atoms with van der Waals surface area (Å²) < 4.78 is 5.37. The summed E-state index contributed by atoms with van der Waals surface area (Å²) in [4.78, 5) is 37.6. The molecule has 0 spiro atoms. The number of Topliss-reactive ketones (excluding diaryl/α,β-unsaturated/α-hetero) is 1. The van der Waals surface area contributed by atoms with Crippen LogP contribution in [0.3, 0.4) is 0 Å². The monoisotopic (exact) mass is 352 g/mol. The number of carbonyl (C=O) groups is 3. The summed E-state index contributed by atoms with van der Waals surface area (Å²) in [5.74, 6) is -0.0548. The van der Waals surface area contributed by atoms with E-state index >= 15 is 0 Å². The smallest absolute Gasteiger partial charge is 0.265 e. The zero-order chi connectivity index (χ0) is 17.9. The molecule has 0 aromatic heterocycles. The summed E-state index contributed by atoms with van der Waals surface area (Å²) in [6.07, 6.45) is 0. The third-order valence-electron chi connectivity index (χ3n) is 3.56. The van der Waals surface area contributed by atoms with Crippen LogP contribution < -0.4 is 15.0 Å². The number of ether oxygens (including phenoxy) is 1. The average molecular weight is 353 g/mol. The second-order valence-electron chi connectivity index (χ2n) is 6.13. The molecule has 0 aliphatic carbocycles. The van der Waals surface area contributed by atoms with Gasteiger partial charge in [0.25, 0.3) is 5.91 Å². The van der Waals surface area contributed by atoms with Crippen molar-refractivity contribution >= 4 is 34.9 Å². The van der Waals surface area contributed by atoms with Crippen LogP contribution in [-0.4, -0.2) is 42.7 Å². The van der Waals surface area contributed by atoms with Crippen LogP contribution in [0, 0.1) is 5.92 Å². The second-order valence-corrected chi connectivity index (χ2v) is 6.78. The molecule has 0 saturated carbocycles. The molecular formula is C17H21ClN2O4. The van der Waals surface area contributed by atoms with Crippen molar-refractivity contribution in [1.29, 1.82) is 0 Å². The number of ketones is 1. The van der Waals surface area contributed by atoms with Crippen molar-refractivity contribution in [3.63, 3.8) is 0 Å². The Labute approximate surface area is 146 Å². The van der Waals surface area contributed by atoms with Gasteiger partial charge in [0.2, 0.25) is 5.91 Å². The minimum atomic E-state index is -0.675. The largest absolute Gasteiger partial charge is 0.482 e. The maximum absolute atomic E-state index is 12.2. The van der Waals surface area contributed by atoms with Gasteiger partial charge in [-0.3, -0.25) is 19.3 Å². The molecule has 0 bridgehead atoms. The molecule has 1 unspecified atom stereocenters. The number of nitrogens with zero attached hydrogens (tertiary/aromatic N) is 1. The van der Waals surface area contributed by atoms with Crippen molar-refractivity contribution in [3.8, 4) is 5.75 Å². The maximum Gasteiger partial charge on any atom is 0.265 e. The third-order valence-corrected chi connectivity index (χ3v) is 3.76. The van der Waals surface area contributed by atoms with E-state index in [1.165, 1.54) is 4.90 Å². The van der Waals surface area contributed by atoms with E-state index < -0.39 is 5.38 Å². The molecule has 1 heterocycles. The molecular weight excluding hydrogens is 332 g/mol. The maximum atomic E-state index is 12.2. The van der Waals surface area contributed by atoms with Crippen molar-refractivity contribution in [3.05, 3.63) is 23.8 Å². The summed E-state index contributed by atoms with van der Waals surface area (Å²) in [5.41, 5.74) is 0.788. The highest BCUT2D eigenvalue weighted by Crippen LogP contribution is 2.33. The number of benzene rings is 1. The Morgan fingerprint density at radius 2 is 2.04 bits per heavy atom. The molecule has 7 heteroatoms. The lowest BCUT2D eigenvalue weighted by molar-refractivity contribution is -0.125. The molecule has 1 N–H and O–H groups in total. The summed E-state index contributed by atoms with van der Waals surface area (Å²) in [5, 5.41) is 2.10. The van der Waals surface area contributed by atoms with Gasteiger partial charge in [0.15, 0.2) is 12.4 Å². The number of nitrogens with one attached hydrogen (secondary N) is 1. The molecule has 2 amide bonds. The first-order valence-electron chi connectivity index (χ1n) is 7.81. The fourth-order valence-corrected chi connectivity index (χ4v) is 2.40. The van der Waals surface area contributed by atoms with E-state index in [9.17, 15) is 14.4 Å². The van der Waals surface area contributed by atoms with E-state index in [4.69, 9.17) is 16.3 Å². The number of hydrogen-bond acceptors (Lipinski definition) is 4.